The van der Waals surface area contributed by atoms with Crippen LogP contribution in [0, 0.1) is 0 Å². The predicted octanol–water partition coefficient (Wildman–Crippen LogP) is 1.77. The molecule has 2 rings (SSSR count). The van der Waals surface area contributed by atoms with Gasteiger partial charge in [-0.25, -0.2) is 8.42 Å². The second-order valence-corrected chi connectivity index (χ2v) is 5.92. The van der Waals surface area contributed by atoms with Gasteiger partial charge in [-0.2, -0.15) is 0 Å². The Labute approximate surface area is 109 Å². The SMILES string of the molecule is CCNc1ccc(S(=O)(=O)Nc2nncs2)cc1. The maximum atomic E-state index is 12.0. The van der Waals surface area contributed by atoms with Crippen molar-refractivity contribution in [3.05, 3.63) is 29.8 Å². The molecule has 8 heteroatoms. The molecule has 0 atom stereocenters. The van der Waals surface area contributed by atoms with Crippen molar-refractivity contribution in [1.29, 1.82) is 0 Å². The Balaban J connectivity index is 2.19. The standard InChI is InChI=1S/C10H12N4O2S2/c1-2-11-8-3-5-9(6-4-8)18(15,16)14-10-13-12-7-17-10/h3-7,11H,2H2,1H3,(H,13,14). The zero-order valence-corrected chi connectivity index (χ0v) is 11.3. The lowest BCUT2D eigenvalue weighted by Crippen LogP contribution is -2.12. The largest absolute Gasteiger partial charge is 0.385 e. The highest BCUT2D eigenvalue weighted by atomic mass is 32.2. The first-order valence-corrected chi connectivity index (χ1v) is 7.61. The van der Waals surface area contributed by atoms with Crippen molar-refractivity contribution >= 4 is 32.2 Å². The third-order valence-corrected chi connectivity index (χ3v) is 4.22. The molecule has 0 saturated heterocycles. The number of nitrogens with zero attached hydrogens (tertiary/aromatic N) is 2. The highest BCUT2D eigenvalue weighted by Crippen LogP contribution is 2.18. The topological polar surface area (TPSA) is 84.0 Å². The van der Waals surface area contributed by atoms with Crippen LogP contribution in [0.15, 0.2) is 34.7 Å². The van der Waals surface area contributed by atoms with Crippen LogP contribution in [0.5, 0.6) is 0 Å². The fourth-order valence-corrected chi connectivity index (χ4v) is 3.04. The van der Waals surface area contributed by atoms with E-state index in [0.717, 1.165) is 23.6 Å². The van der Waals surface area contributed by atoms with E-state index in [0.29, 0.717) is 0 Å². The molecule has 0 radical (unpaired) electrons. The molecule has 0 aliphatic carbocycles. The molecule has 0 amide bonds. The molecule has 0 aliphatic heterocycles. The minimum Gasteiger partial charge on any atom is -0.385 e. The third-order valence-electron chi connectivity index (χ3n) is 2.13. The molecular formula is C10H12N4O2S2. The van der Waals surface area contributed by atoms with E-state index in [9.17, 15) is 8.42 Å². The van der Waals surface area contributed by atoms with Crippen LogP contribution < -0.4 is 10.0 Å². The molecule has 0 aliphatic rings. The van der Waals surface area contributed by atoms with Crippen LogP contribution in [0.25, 0.3) is 0 Å². The minimum absolute atomic E-state index is 0.194. The number of aromatic nitrogens is 2. The molecule has 0 spiro atoms. The third kappa shape index (κ3) is 2.96. The number of nitrogens with one attached hydrogen (secondary N) is 2. The summed E-state index contributed by atoms with van der Waals surface area (Å²) in [5.41, 5.74) is 2.35. The van der Waals surface area contributed by atoms with Crippen molar-refractivity contribution in [3.8, 4) is 0 Å². The van der Waals surface area contributed by atoms with E-state index in [4.69, 9.17) is 0 Å². The van der Waals surface area contributed by atoms with Gasteiger partial charge in [-0.1, -0.05) is 11.3 Å². The van der Waals surface area contributed by atoms with E-state index < -0.39 is 10.0 Å². The fourth-order valence-electron chi connectivity index (χ4n) is 1.35. The molecule has 0 unspecified atom stereocenters. The molecule has 2 aromatic rings. The summed E-state index contributed by atoms with van der Waals surface area (Å²) in [6.45, 7) is 2.76. The van der Waals surface area contributed by atoms with E-state index in [-0.39, 0.29) is 10.0 Å². The van der Waals surface area contributed by atoms with Crippen molar-refractivity contribution in [2.75, 3.05) is 16.6 Å². The van der Waals surface area contributed by atoms with Crippen LogP contribution in [-0.4, -0.2) is 25.2 Å². The molecule has 1 aromatic carbocycles. The van der Waals surface area contributed by atoms with Gasteiger partial charge in [0.15, 0.2) is 0 Å². The smallest absolute Gasteiger partial charge is 0.263 e. The second kappa shape index (κ2) is 5.32. The zero-order chi connectivity index (χ0) is 13.0. The Kier molecular flexibility index (Phi) is 3.78. The summed E-state index contributed by atoms with van der Waals surface area (Å²) in [6.07, 6.45) is 0. The zero-order valence-electron chi connectivity index (χ0n) is 9.62. The lowest BCUT2D eigenvalue weighted by atomic mass is 10.3. The van der Waals surface area contributed by atoms with E-state index in [1.165, 1.54) is 5.51 Å². The maximum Gasteiger partial charge on any atom is 0.263 e. The van der Waals surface area contributed by atoms with E-state index >= 15 is 0 Å². The number of benzene rings is 1. The quantitative estimate of drug-likeness (QED) is 0.874. The molecule has 96 valence electrons. The Morgan fingerprint density at radius 1 is 1.28 bits per heavy atom. The summed E-state index contributed by atoms with van der Waals surface area (Å²) in [5, 5.41) is 10.6. The van der Waals surface area contributed by atoms with Crippen LogP contribution in [-0.2, 0) is 10.0 Å². The lowest BCUT2D eigenvalue weighted by Gasteiger charge is -2.06. The fraction of sp³-hybridized carbons (Fsp3) is 0.200. The Morgan fingerprint density at radius 3 is 2.56 bits per heavy atom. The van der Waals surface area contributed by atoms with Crippen LogP contribution in [0.3, 0.4) is 0 Å². The second-order valence-electron chi connectivity index (χ2n) is 3.40. The summed E-state index contributed by atoms with van der Waals surface area (Å²) in [5.74, 6) is 0. The first-order chi connectivity index (χ1) is 8.62. The maximum absolute atomic E-state index is 12.0. The molecule has 0 bridgehead atoms. The van der Waals surface area contributed by atoms with E-state index in [1.807, 2.05) is 6.92 Å². The summed E-state index contributed by atoms with van der Waals surface area (Å²) in [7, 11) is -3.58. The Bertz CT molecular complexity index is 593. The molecule has 0 saturated carbocycles. The summed E-state index contributed by atoms with van der Waals surface area (Å²) in [4.78, 5) is 0.194. The average Bonchev–Trinajstić information content (AvgIpc) is 2.82. The van der Waals surface area contributed by atoms with Crippen LogP contribution in [0.1, 0.15) is 6.92 Å². The number of rotatable bonds is 5. The predicted molar refractivity (Wildman–Crippen MR) is 71.3 cm³/mol. The highest BCUT2D eigenvalue weighted by molar-refractivity contribution is 7.93. The van der Waals surface area contributed by atoms with Crippen molar-refractivity contribution < 1.29 is 8.42 Å². The van der Waals surface area contributed by atoms with Gasteiger partial charge in [0.2, 0.25) is 5.13 Å². The van der Waals surface area contributed by atoms with Gasteiger partial charge in [0.05, 0.1) is 4.90 Å². The van der Waals surface area contributed by atoms with Crippen molar-refractivity contribution in [1.82, 2.24) is 10.2 Å². The molecule has 1 aromatic heterocycles. The van der Waals surface area contributed by atoms with Crippen LogP contribution >= 0.6 is 11.3 Å². The van der Waals surface area contributed by atoms with Gasteiger partial charge in [0.25, 0.3) is 10.0 Å². The summed E-state index contributed by atoms with van der Waals surface area (Å²) >= 11 is 1.13. The van der Waals surface area contributed by atoms with Gasteiger partial charge in [0, 0.05) is 12.2 Å². The van der Waals surface area contributed by atoms with E-state index in [2.05, 4.69) is 20.2 Å². The molecular weight excluding hydrogens is 272 g/mol. The molecule has 0 fully saturated rings. The first kappa shape index (κ1) is 12.8. The van der Waals surface area contributed by atoms with Gasteiger partial charge < -0.3 is 5.32 Å². The number of hydrogen-bond acceptors (Lipinski definition) is 6. The molecule has 6 nitrogen and oxygen atoms in total. The lowest BCUT2D eigenvalue weighted by molar-refractivity contribution is 0.601. The molecule has 1 heterocycles. The normalized spacial score (nSPS) is 11.2. The number of anilines is 2. The van der Waals surface area contributed by atoms with Crippen LogP contribution in [0.2, 0.25) is 0 Å². The van der Waals surface area contributed by atoms with Gasteiger partial charge in [-0.05, 0) is 31.2 Å². The van der Waals surface area contributed by atoms with Crippen molar-refractivity contribution in [2.24, 2.45) is 0 Å². The van der Waals surface area contributed by atoms with E-state index in [1.54, 1.807) is 24.3 Å². The minimum atomic E-state index is -3.58. The molecule has 18 heavy (non-hydrogen) atoms. The average molecular weight is 284 g/mol. The monoisotopic (exact) mass is 284 g/mol. The van der Waals surface area contributed by atoms with Gasteiger partial charge in [-0.3, -0.25) is 4.72 Å². The number of sulfonamides is 1. The number of hydrogen-bond donors (Lipinski definition) is 2. The van der Waals surface area contributed by atoms with Crippen LogP contribution in [0.4, 0.5) is 10.8 Å². The Hall–Kier alpha value is -1.67. The van der Waals surface area contributed by atoms with Crippen molar-refractivity contribution in [2.45, 2.75) is 11.8 Å². The van der Waals surface area contributed by atoms with Crippen molar-refractivity contribution in [3.63, 3.8) is 0 Å². The summed E-state index contributed by atoms with van der Waals surface area (Å²) < 4.78 is 26.3. The van der Waals surface area contributed by atoms with Gasteiger partial charge >= 0.3 is 0 Å². The highest BCUT2D eigenvalue weighted by Gasteiger charge is 2.15. The first-order valence-electron chi connectivity index (χ1n) is 5.25. The molecule has 2 N–H and O–H groups in total. The van der Waals surface area contributed by atoms with Gasteiger partial charge in [-0.15, -0.1) is 10.2 Å². The van der Waals surface area contributed by atoms with Gasteiger partial charge in [0.1, 0.15) is 5.51 Å². The Morgan fingerprint density at radius 2 is 2.00 bits per heavy atom. The summed E-state index contributed by atoms with van der Waals surface area (Å²) in [6, 6.07) is 6.53.